The molecule has 90 valence electrons. The molecule has 1 heterocycles. The Hall–Kier alpha value is -1.88. The highest BCUT2D eigenvalue weighted by molar-refractivity contribution is 5.83. The van der Waals surface area contributed by atoms with E-state index in [-0.39, 0.29) is 13.0 Å². The lowest BCUT2D eigenvalue weighted by Crippen LogP contribution is -2.33. The van der Waals surface area contributed by atoms with Gasteiger partial charge >= 0.3 is 11.9 Å². The van der Waals surface area contributed by atoms with Gasteiger partial charge in [-0.05, 0) is 5.56 Å². The van der Waals surface area contributed by atoms with Crippen LogP contribution in [0.1, 0.15) is 12.0 Å². The lowest BCUT2D eigenvalue weighted by molar-refractivity contribution is -0.151. The number of esters is 2. The van der Waals surface area contributed by atoms with Crippen LogP contribution in [0.4, 0.5) is 0 Å². The first-order valence-electron chi connectivity index (χ1n) is 5.32. The molecule has 2 atom stereocenters. The van der Waals surface area contributed by atoms with E-state index in [9.17, 15) is 9.59 Å². The van der Waals surface area contributed by atoms with E-state index in [2.05, 4.69) is 4.74 Å². The van der Waals surface area contributed by atoms with E-state index >= 15 is 0 Å². The molecule has 0 spiro atoms. The fraction of sp³-hybridized carbons (Fsp3) is 0.333. The summed E-state index contributed by atoms with van der Waals surface area (Å²) < 4.78 is 9.76. The molecule has 1 aliphatic heterocycles. The van der Waals surface area contributed by atoms with Gasteiger partial charge in [-0.25, -0.2) is 0 Å². The summed E-state index contributed by atoms with van der Waals surface area (Å²) in [5, 5.41) is 0. The van der Waals surface area contributed by atoms with Gasteiger partial charge in [-0.15, -0.1) is 0 Å². The fourth-order valence-corrected chi connectivity index (χ4v) is 1.63. The highest BCUT2D eigenvalue weighted by atomic mass is 16.6. The molecule has 1 aromatic rings. The number of hydrogen-bond donors (Lipinski definition) is 1. The van der Waals surface area contributed by atoms with Crippen molar-refractivity contribution in [2.75, 3.05) is 0 Å². The number of benzene rings is 1. The van der Waals surface area contributed by atoms with E-state index in [1.807, 2.05) is 30.3 Å². The minimum atomic E-state index is -0.884. The van der Waals surface area contributed by atoms with Crippen molar-refractivity contribution in [3.05, 3.63) is 35.9 Å². The molecule has 2 rings (SSSR count). The first kappa shape index (κ1) is 11.6. The van der Waals surface area contributed by atoms with Crippen LogP contribution in [-0.4, -0.2) is 18.2 Å². The Balaban J connectivity index is 1.88. The SMILES string of the molecule is N[C@@H]1OC(=O)CC1C(=O)OCc1ccccc1. The fourth-order valence-electron chi connectivity index (χ4n) is 1.63. The number of cyclic esters (lactones) is 1. The van der Waals surface area contributed by atoms with Crippen molar-refractivity contribution < 1.29 is 19.1 Å². The van der Waals surface area contributed by atoms with Gasteiger partial charge in [0.1, 0.15) is 12.5 Å². The molecule has 0 aromatic heterocycles. The third-order valence-electron chi connectivity index (χ3n) is 2.58. The third-order valence-corrected chi connectivity index (χ3v) is 2.58. The van der Waals surface area contributed by atoms with Crippen LogP contribution in [-0.2, 0) is 25.7 Å². The number of ether oxygens (including phenoxy) is 2. The van der Waals surface area contributed by atoms with Crippen LogP contribution in [0, 0.1) is 5.92 Å². The Kier molecular flexibility index (Phi) is 3.39. The molecule has 1 fully saturated rings. The number of rotatable bonds is 3. The maximum absolute atomic E-state index is 11.6. The summed E-state index contributed by atoms with van der Waals surface area (Å²) in [5.41, 5.74) is 6.38. The molecule has 5 nitrogen and oxygen atoms in total. The molecule has 1 unspecified atom stereocenters. The average Bonchev–Trinajstić information content (AvgIpc) is 2.67. The zero-order valence-electron chi connectivity index (χ0n) is 9.17. The Morgan fingerprint density at radius 2 is 2.12 bits per heavy atom. The average molecular weight is 235 g/mol. The summed E-state index contributed by atoms with van der Waals surface area (Å²) in [6, 6.07) is 9.30. The minimum absolute atomic E-state index is 0.00517. The molecule has 1 saturated heterocycles. The second kappa shape index (κ2) is 4.97. The van der Waals surface area contributed by atoms with Gasteiger partial charge in [0, 0.05) is 0 Å². The maximum atomic E-state index is 11.6. The molecular formula is C12H13NO4. The summed E-state index contributed by atoms with van der Waals surface area (Å²) in [6.07, 6.45) is -0.889. The van der Waals surface area contributed by atoms with Crippen LogP contribution in [0.25, 0.3) is 0 Å². The van der Waals surface area contributed by atoms with Crippen molar-refractivity contribution >= 4 is 11.9 Å². The van der Waals surface area contributed by atoms with Gasteiger partial charge in [-0.3, -0.25) is 15.3 Å². The van der Waals surface area contributed by atoms with Crippen LogP contribution in [0.3, 0.4) is 0 Å². The zero-order valence-corrected chi connectivity index (χ0v) is 9.17. The molecule has 0 aliphatic carbocycles. The van der Waals surface area contributed by atoms with Crippen molar-refractivity contribution in [2.24, 2.45) is 11.7 Å². The standard InChI is InChI=1S/C12H13NO4/c13-11-9(6-10(14)17-11)12(15)16-7-8-4-2-1-3-5-8/h1-5,9,11H,6-7,13H2/t9?,11-/m1/s1. The highest BCUT2D eigenvalue weighted by Crippen LogP contribution is 2.20. The Morgan fingerprint density at radius 1 is 1.41 bits per heavy atom. The number of hydrogen-bond acceptors (Lipinski definition) is 5. The topological polar surface area (TPSA) is 78.6 Å². The summed E-state index contributed by atoms with van der Waals surface area (Å²) in [4.78, 5) is 22.6. The second-order valence-electron chi connectivity index (χ2n) is 3.86. The van der Waals surface area contributed by atoms with Crippen molar-refractivity contribution in [1.82, 2.24) is 0 Å². The quantitative estimate of drug-likeness (QED) is 0.775. The Labute approximate surface area is 98.5 Å². The molecule has 0 bridgehead atoms. The monoisotopic (exact) mass is 235 g/mol. The first-order valence-corrected chi connectivity index (χ1v) is 5.32. The summed E-state index contributed by atoms with van der Waals surface area (Å²) in [5.74, 6) is -1.64. The predicted molar refractivity (Wildman–Crippen MR) is 58.4 cm³/mol. The van der Waals surface area contributed by atoms with Crippen molar-refractivity contribution in [2.45, 2.75) is 19.3 Å². The molecule has 1 aromatic carbocycles. The van der Waals surface area contributed by atoms with Gasteiger partial charge in [-0.1, -0.05) is 30.3 Å². The van der Waals surface area contributed by atoms with Crippen molar-refractivity contribution in [3.8, 4) is 0 Å². The van der Waals surface area contributed by atoms with Gasteiger partial charge in [-0.2, -0.15) is 0 Å². The highest BCUT2D eigenvalue weighted by Gasteiger charge is 2.38. The van der Waals surface area contributed by atoms with E-state index in [0.717, 1.165) is 5.56 Å². The van der Waals surface area contributed by atoms with E-state index in [4.69, 9.17) is 10.5 Å². The normalized spacial score (nSPS) is 23.2. The molecular weight excluding hydrogens is 222 g/mol. The van der Waals surface area contributed by atoms with E-state index < -0.39 is 24.1 Å². The third kappa shape index (κ3) is 2.82. The first-order chi connectivity index (χ1) is 8.16. The van der Waals surface area contributed by atoms with E-state index in [1.165, 1.54) is 0 Å². The van der Waals surface area contributed by atoms with Crippen LogP contribution >= 0.6 is 0 Å². The van der Waals surface area contributed by atoms with Crippen LogP contribution in [0.2, 0.25) is 0 Å². The van der Waals surface area contributed by atoms with Gasteiger partial charge < -0.3 is 9.47 Å². The van der Waals surface area contributed by atoms with Gasteiger partial charge in [0.25, 0.3) is 0 Å². The van der Waals surface area contributed by atoms with Gasteiger partial charge in [0.2, 0.25) is 0 Å². The molecule has 0 amide bonds. The number of carbonyl (C=O) groups is 2. The smallest absolute Gasteiger partial charge is 0.315 e. The van der Waals surface area contributed by atoms with Crippen molar-refractivity contribution in [1.29, 1.82) is 0 Å². The lowest BCUT2D eigenvalue weighted by Gasteiger charge is -2.12. The largest absolute Gasteiger partial charge is 0.460 e. The molecule has 5 heteroatoms. The molecule has 0 radical (unpaired) electrons. The second-order valence-corrected chi connectivity index (χ2v) is 3.86. The molecule has 1 aliphatic rings. The summed E-state index contributed by atoms with van der Waals surface area (Å²) in [7, 11) is 0. The Morgan fingerprint density at radius 3 is 2.71 bits per heavy atom. The number of nitrogens with two attached hydrogens (primary N) is 1. The molecule has 0 saturated carbocycles. The van der Waals surface area contributed by atoms with Gasteiger partial charge in [0.15, 0.2) is 6.23 Å². The zero-order chi connectivity index (χ0) is 12.3. The van der Waals surface area contributed by atoms with E-state index in [0.29, 0.717) is 0 Å². The maximum Gasteiger partial charge on any atom is 0.315 e. The van der Waals surface area contributed by atoms with Gasteiger partial charge in [0.05, 0.1) is 6.42 Å². The summed E-state index contributed by atoms with van der Waals surface area (Å²) >= 11 is 0. The predicted octanol–water partition coefficient (Wildman–Crippen LogP) is 0.578. The molecule has 2 N–H and O–H groups in total. The van der Waals surface area contributed by atoms with Crippen LogP contribution in [0.5, 0.6) is 0 Å². The minimum Gasteiger partial charge on any atom is -0.460 e. The van der Waals surface area contributed by atoms with Crippen LogP contribution in [0.15, 0.2) is 30.3 Å². The van der Waals surface area contributed by atoms with Crippen molar-refractivity contribution in [3.63, 3.8) is 0 Å². The summed E-state index contributed by atoms with van der Waals surface area (Å²) in [6.45, 7) is 0.178. The van der Waals surface area contributed by atoms with Crippen LogP contribution < -0.4 is 5.73 Å². The Bertz CT molecular complexity index is 418. The number of carbonyl (C=O) groups excluding carboxylic acids is 2. The molecule has 17 heavy (non-hydrogen) atoms. The lowest BCUT2D eigenvalue weighted by atomic mass is 10.1. The van der Waals surface area contributed by atoms with E-state index in [1.54, 1.807) is 0 Å².